The van der Waals surface area contributed by atoms with Crippen LogP contribution in [0.15, 0.2) is 24.3 Å². The largest absolute Gasteiger partial charge is 0.336 e. The molecule has 1 aromatic carbocycles. The van der Waals surface area contributed by atoms with Crippen LogP contribution < -0.4 is 0 Å². The van der Waals surface area contributed by atoms with Crippen molar-refractivity contribution in [3.8, 4) is 0 Å². The molecular formula is C15H19ClN2O3S. The monoisotopic (exact) mass is 342 g/mol. The molecule has 7 heteroatoms. The molecule has 2 aliphatic heterocycles. The molecule has 5 nitrogen and oxygen atoms in total. The van der Waals surface area contributed by atoms with E-state index in [1.54, 1.807) is 4.90 Å². The fraction of sp³-hybridized carbons (Fsp3) is 0.533. The van der Waals surface area contributed by atoms with Crippen molar-refractivity contribution < 1.29 is 13.2 Å². The van der Waals surface area contributed by atoms with Gasteiger partial charge in [0.2, 0.25) is 5.91 Å². The number of halogens is 1. The highest BCUT2D eigenvalue weighted by Gasteiger charge is 2.47. The van der Waals surface area contributed by atoms with E-state index in [-0.39, 0.29) is 29.5 Å². The van der Waals surface area contributed by atoms with Gasteiger partial charge in [0.1, 0.15) is 0 Å². The van der Waals surface area contributed by atoms with Crippen molar-refractivity contribution >= 4 is 27.3 Å². The first-order chi connectivity index (χ1) is 10.4. The SMILES string of the molecule is CC(=O)N1CCN(Cc2cccc(Cl)c2)[C@H]2CS(=O)(=O)C[C@H]21. The molecule has 1 aromatic rings. The molecule has 0 spiro atoms. The maximum atomic E-state index is 12.0. The Morgan fingerprint density at radius 2 is 2.00 bits per heavy atom. The highest BCUT2D eigenvalue weighted by molar-refractivity contribution is 7.91. The van der Waals surface area contributed by atoms with Crippen LogP contribution in [-0.2, 0) is 21.2 Å². The predicted octanol–water partition coefficient (Wildman–Crippen LogP) is 1.17. The summed E-state index contributed by atoms with van der Waals surface area (Å²) < 4.78 is 24.1. The summed E-state index contributed by atoms with van der Waals surface area (Å²) in [5.74, 6) is 0.153. The van der Waals surface area contributed by atoms with Crippen LogP contribution in [0.25, 0.3) is 0 Å². The van der Waals surface area contributed by atoms with Crippen LogP contribution in [0.3, 0.4) is 0 Å². The van der Waals surface area contributed by atoms with Crippen molar-refractivity contribution in [2.45, 2.75) is 25.6 Å². The Morgan fingerprint density at radius 3 is 2.68 bits per heavy atom. The van der Waals surface area contributed by atoms with E-state index in [2.05, 4.69) is 4.90 Å². The molecule has 0 aliphatic carbocycles. The zero-order valence-corrected chi connectivity index (χ0v) is 14.0. The first-order valence-corrected chi connectivity index (χ1v) is 9.52. The van der Waals surface area contributed by atoms with Crippen LogP contribution in [0, 0.1) is 0 Å². The standard InChI is InChI=1S/C15H19ClN2O3S/c1-11(19)18-6-5-17(8-12-3-2-4-13(16)7-12)14-9-22(20,21)10-15(14)18/h2-4,7,14-15H,5-6,8-10H2,1H3/t14-,15+/m0/s1. The first kappa shape index (κ1) is 15.8. The van der Waals surface area contributed by atoms with Crippen LogP contribution in [0.2, 0.25) is 5.02 Å². The normalized spacial score (nSPS) is 27.6. The average Bonchev–Trinajstić information content (AvgIpc) is 2.74. The molecule has 0 radical (unpaired) electrons. The van der Waals surface area contributed by atoms with Crippen LogP contribution in [0.1, 0.15) is 12.5 Å². The fourth-order valence-electron chi connectivity index (χ4n) is 3.48. The van der Waals surface area contributed by atoms with E-state index in [0.717, 1.165) is 5.56 Å². The number of carbonyl (C=O) groups excluding carboxylic acids is 1. The van der Waals surface area contributed by atoms with E-state index >= 15 is 0 Å². The van der Waals surface area contributed by atoms with Gasteiger partial charge in [0.05, 0.1) is 17.5 Å². The summed E-state index contributed by atoms with van der Waals surface area (Å²) in [6, 6.07) is 7.25. The Hall–Kier alpha value is -1.11. The number of fused-ring (bicyclic) bond motifs is 1. The number of rotatable bonds is 2. The molecule has 2 heterocycles. The summed E-state index contributed by atoms with van der Waals surface area (Å²) in [7, 11) is -3.09. The lowest BCUT2D eigenvalue weighted by Gasteiger charge is -2.43. The summed E-state index contributed by atoms with van der Waals surface area (Å²) in [5.41, 5.74) is 1.06. The summed E-state index contributed by atoms with van der Waals surface area (Å²) in [4.78, 5) is 15.6. The van der Waals surface area contributed by atoms with Crippen molar-refractivity contribution in [1.29, 1.82) is 0 Å². The van der Waals surface area contributed by atoms with Gasteiger partial charge in [-0.3, -0.25) is 9.69 Å². The molecule has 1 amide bonds. The van der Waals surface area contributed by atoms with Gasteiger partial charge in [-0.05, 0) is 17.7 Å². The number of piperazine rings is 1. The van der Waals surface area contributed by atoms with Gasteiger partial charge >= 0.3 is 0 Å². The third-order valence-electron chi connectivity index (χ3n) is 4.47. The third kappa shape index (κ3) is 3.14. The number of nitrogens with zero attached hydrogens (tertiary/aromatic N) is 2. The second-order valence-electron chi connectivity index (χ2n) is 6.02. The van der Waals surface area contributed by atoms with Crippen molar-refractivity contribution in [3.63, 3.8) is 0 Å². The highest BCUT2D eigenvalue weighted by atomic mass is 35.5. The average molecular weight is 343 g/mol. The number of hydrogen-bond donors (Lipinski definition) is 0. The van der Waals surface area contributed by atoms with Crippen molar-refractivity contribution in [2.24, 2.45) is 0 Å². The quantitative estimate of drug-likeness (QED) is 0.809. The van der Waals surface area contributed by atoms with E-state index in [0.29, 0.717) is 24.7 Å². The topological polar surface area (TPSA) is 57.7 Å². The molecule has 0 bridgehead atoms. The lowest BCUT2D eigenvalue weighted by atomic mass is 10.0. The van der Waals surface area contributed by atoms with Gasteiger partial charge < -0.3 is 4.90 Å². The first-order valence-electron chi connectivity index (χ1n) is 7.32. The Bertz CT molecular complexity index is 692. The van der Waals surface area contributed by atoms with Gasteiger partial charge in [-0.2, -0.15) is 0 Å². The van der Waals surface area contributed by atoms with Gasteiger partial charge in [-0.15, -0.1) is 0 Å². The minimum atomic E-state index is -3.09. The predicted molar refractivity (Wildman–Crippen MR) is 85.5 cm³/mol. The lowest BCUT2D eigenvalue weighted by Crippen LogP contribution is -2.59. The Labute approximate surface area is 135 Å². The van der Waals surface area contributed by atoms with E-state index in [1.165, 1.54) is 6.92 Å². The number of carbonyl (C=O) groups is 1. The van der Waals surface area contributed by atoms with Crippen molar-refractivity contribution in [3.05, 3.63) is 34.9 Å². The second-order valence-corrected chi connectivity index (χ2v) is 8.61. The summed E-state index contributed by atoms with van der Waals surface area (Å²) >= 11 is 6.02. The molecular weight excluding hydrogens is 324 g/mol. The van der Waals surface area contributed by atoms with Crippen LogP contribution in [0.4, 0.5) is 0 Å². The number of benzene rings is 1. The zero-order valence-electron chi connectivity index (χ0n) is 12.4. The molecule has 120 valence electrons. The van der Waals surface area contributed by atoms with Crippen LogP contribution in [-0.4, -0.2) is 60.8 Å². The van der Waals surface area contributed by atoms with Crippen LogP contribution >= 0.6 is 11.6 Å². The third-order valence-corrected chi connectivity index (χ3v) is 6.40. The van der Waals surface area contributed by atoms with E-state index in [1.807, 2.05) is 24.3 Å². The lowest BCUT2D eigenvalue weighted by molar-refractivity contribution is -0.134. The Morgan fingerprint density at radius 1 is 1.27 bits per heavy atom. The fourth-order valence-corrected chi connectivity index (χ4v) is 5.71. The Balaban J connectivity index is 1.83. The van der Waals surface area contributed by atoms with Crippen LogP contribution in [0.5, 0.6) is 0 Å². The molecule has 22 heavy (non-hydrogen) atoms. The van der Waals surface area contributed by atoms with Crippen molar-refractivity contribution in [2.75, 3.05) is 24.6 Å². The number of sulfone groups is 1. The minimum absolute atomic E-state index is 0.0468. The van der Waals surface area contributed by atoms with Gasteiger partial charge in [0.25, 0.3) is 0 Å². The smallest absolute Gasteiger partial charge is 0.219 e. The van der Waals surface area contributed by atoms with Gasteiger partial charge in [-0.1, -0.05) is 23.7 Å². The minimum Gasteiger partial charge on any atom is -0.336 e. The zero-order chi connectivity index (χ0) is 15.9. The second kappa shape index (κ2) is 5.83. The van der Waals surface area contributed by atoms with Gasteiger partial charge in [0.15, 0.2) is 9.84 Å². The molecule has 2 fully saturated rings. The van der Waals surface area contributed by atoms with Gasteiger partial charge in [-0.25, -0.2) is 8.42 Å². The molecule has 0 saturated carbocycles. The molecule has 0 N–H and O–H groups in total. The molecule has 2 aliphatic rings. The summed E-state index contributed by atoms with van der Waals surface area (Å²) in [6.45, 7) is 3.42. The van der Waals surface area contributed by atoms with Crippen molar-refractivity contribution in [1.82, 2.24) is 9.80 Å². The van der Waals surface area contributed by atoms with E-state index in [4.69, 9.17) is 11.6 Å². The van der Waals surface area contributed by atoms with Gasteiger partial charge in [0, 0.05) is 37.6 Å². The highest BCUT2D eigenvalue weighted by Crippen LogP contribution is 2.28. The Kier molecular flexibility index (Phi) is 4.18. The summed E-state index contributed by atoms with van der Waals surface area (Å²) in [5, 5.41) is 0.676. The maximum absolute atomic E-state index is 12.0. The molecule has 0 aromatic heterocycles. The van der Waals surface area contributed by atoms with E-state index < -0.39 is 9.84 Å². The molecule has 0 unspecified atom stereocenters. The molecule has 2 atom stereocenters. The number of amides is 1. The maximum Gasteiger partial charge on any atom is 0.219 e. The molecule has 2 saturated heterocycles. The number of hydrogen-bond acceptors (Lipinski definition) is 4. The van der Waals surface area contributed by atoms with E-state index in [9.17, 15) is 13.2 Å². The summed E-state index contributed by atoms with van der Waals surface area (Å²) in [6.07, 6.45) is 0. The molecule has 3 rings (SSSR count).